The van der Waals surface area contributed by atoms with Gasteiger partial charge < -0.3 is 23.8 Å². The molecule has 0 aliphatic carbocycles. The van der Waals surface area contributed by atoms with Crippen molar-refractivity contribution in [3.8, 4) is 23.0 Å². The highest BCUT2D eigenvalue weighted by molar-refractivity contribution is 5.76. The average Bonchev–Trinajstić information content (AvgIpc) is 2.73. The molecule has 0 saturated carbocycles. The Morgan fingerprint density at radius 3 is 2.07 bits per heavy atom. The van der Waals surface area contributed by atoms with Crippen molar-refractivity contribution in [2.24, 2.45) is 0 Å². The van der Waals surface area contributed by atoms with Crippen molar-refractivity contribution in [1.82, 2.24) is 4.90 Å². The topological polar surface area (TPSA) is 57.2 Å². The van der Waals surface area contributed by atoms with E-state index in [0.29, 0.717) is 44.1 Å². The number of hydrogen-bond donors (Lipinski definition) is 0. The van der Waals surface area contributed by atoms with Gasteiger partial charge in [-0.2, -0.15) is 0 Å². The lowest BCUT2D eigenvalue weighted by molar-refractivity contribution is -0.130. The summed E-state index contributed by atoms with van der Waals surface area (Å²) in [6.07, 6.45) is 1.06. The quantitative estimate of drug-likeness (QED) is 0.568. The van der Waals surface area contributed by atoms with E-state index in [1.165, 1.54) is 0 Å². The zero-order valence-electron chi connectivity index (χ0n) is 18.0. The van der Waals surface area contributed by atoms with Crippen molar-refractivity contribution in [1.29, 1.82) is 0 Å². The minimum absolute atomic E-state index is 0.0756. The molecule has 2 rings (SSSR count). The summed E-state index contributed by atoms with van der Waals surface area (Å²) in [4.78, 5) is 14.3. The van der Waals surface area contributed by atoms with Crippen LogP contribution in [0.3, 0.4) is 0 Å². The lowest BCUT2D eigenvalue weighted by Crippen LogP contribution is -2.26. The van der Waals surface area contributed by atoms with E-state index >= 15 is 0 Å². The third kappa shape index (κ3) is 6.31. The van der Waals surface area contributed by atoms with Crippen molar-refractivity contribution in [3.63, 3.8) is 0 Å². The molecule has 0 aliphatic rings. The number of nitrogens with zero attached hydrogens (tertiary/aromatic N) is 1. The molecule has 2 aromatic carbocycles. The molecule has 158 valence electrons. The minimum atomic E-state index is 0.0756. The van der Waals surface area contributed by atoms with E-state index in [-0.39, 0.29) is 5.91 Å². The summed E-state index contributed by atoms with van der Waals surface area (Å²) in [5.41, 5.74) is 2.03. The predicted molar refractivity (Wildman–Crippen MR) is 113 cm³/mol. The Hall–Kier alpha value is -2.89. The molecule has 0 aromatic heterocycles. The van der Waals surface area contributed by atoms with Crippen LogP contribution in [0.1, 0.15) is 31.4 Å². The van der Waals surface area contributed by atoms with E-state index in [1.54, 1.807) is 19.1 Å². The molecule has 6 nitrogen and oxygen atoms in total. The molecule has 0 N–H and O–H groups in total. The van der Waals surface area contributed by atoms with Gasteiger partial charge in [0, 0.05) is 20.0 Å². The van der Waals surface area contributed by atoms with Crippen LogP contribution in [-0.4, -0.2) is 45.3 Å². The van der Waals surface area contributed by atoms with Gasteiger partial charge in [-0.3, -0.25) is 4.79 Å². The summed E-state index contributed by atoms with van der Waals surface area (Å²) in [6, 6.07) is 11.5. The first-order chi connectivity index (χ1) is 14.0. The van der Waals surface area contributed by atoms with Crippen LogP contribution in [-0.2, 0) is 17.8 Å². The number of ether oxygens (including phenoxy) is 4. The lowest BCUT2D eigenvalue weighted by atomic mass is 10.1. The predicted octanol–water partition coefficient (Wildman–Crippen LogP) is 4.09. The highest BCUT2D eigenvalue weighted by Crippen LogP contribution is 2.30. The smallest absolute Gasteiger partial charge is 0.222 e. The molecule has 0 aliphatic heterocycles. The Bertz CT molecular complexity index is 806. The van der Waals surface area contributed by atoms with Crippen molar-refractivity contribution >= 4 is 5.91 Å². The van der Waals surface area contributed by atoms with Gasteiger partial charge >= 0.3 is 0 Å². The van der Waals surface area contributed by atoms with Gasteiger partial charge in [0.15, 0.2) is 23.0 Å². The van der Waals surface area contributed by atoms with Crippen LogP contribution in [0.25, 0.3) is 0 Å². The molecular weight excluding hydrogens is 370 g/mol. The van der Waals surface area contributed by atoms with Gasteiger partial charge in [0.2, 0.25) is 5.91 Å². The largest absolute Gasteiger partial charge is 0.493 e. The number of aryl methyl sites for hydroxylation is 1. The number of rotatable bonds is 11. The van der Waals surface area contributed by atoms with Gasteiger partial charge in [-0.05, 0) is 55.7 Å². The van der Waals surface area contributed by atoms with Crippen LogP contribution >= 0.6 is 0 Å². The average molecular weight is 402 g/mol. The van der Waals surface area contributed by atoms with Crippen LogP contribution in [0.5, 0.6) is 23.0 Å². The number of hydrogen-bond acceptors (Lipinski definition) is 5. The molecule has 1 amide bonds. The monoisotopic (exact) mass is 401 g/mol. The summed E-state index contributed by atoms with van der Waals surface area (Å²) in [7, 11) is 5.01. The van der Waals surface area contributed by atoms with Gasteiger partial charge in [0.1, 0.15) is 0 Å². The highest BCUT2D eigenvalue weighted by Gasteiger charge is 2.13. The highest BCUT2D eigenvalue weighted by atomic mass is 16.5. The van der Waals surface area contributed by atoms with Crippen LogP contribution < -0.4 is 18.9 Å². The number of carbonyl (C=O) groups is 1. The summed E-state index contributed by atoms with van der Waals surface area (Å²) < 4.78 is 21.8. The Labute approximate surface area is 173 Å². The molecule has 0 atom stereocenters. The minimum Gasteiger partial charge on any atom is -0.493 e. The maximum atomic E-state index is 12.6. The second kappa shape index (κ2) is 11.2. The summed E-state index contributed by atoms with van der Waals surface area (Å²) in [5, 5.41) is 0. The molecule has 0 spiro atoms. The molecule has 0 bridgehead atoms. The maximum absolute atomic E-state index is 12.6. The summed E-state index contributed by atoms with van der Waals surface area (Å²) >= 11 is 0. The maximum Gasteiger partial charge on any atom is 0.222 e. The van der Waals surface area contributed by atoms with Gasteiger partial charge in [-0.15, -0.1) is 0 Å². The third-order valence-corrected chi connectivity index (χ3v) is 4.53. The van der Waals surface area contributed by atoms with Crippen LogP contribution in [0.15, 0.2) is 36.4 Å². The second-order valence-electron chi connectivity index (χ2n) is 6.59. The molecule has 0 heterocycles. The summed E-state index contributed by atoms with van der Waals surface area (Å²) in [5.74, 6) is 2.86. The normalized spacial score (nSPS) is 10.4. The molecule has 29 heavy (non-hydrogen) atoms. The fourth-order valence-electron chi connectivity index (χ4n) is 3.03. The zero-order chi connectivity index (χ0) is 21.2. The van der Waals surface area contributed by atoms with Crippen LogP contribution in [0.4, 0.5) is 0 Å². The third-order valence-electron chi connectivity index (χ3n) is 4.53. The second-order valence-corrected chi connectivity index (χ2v) is 6.59. The molecular formula is C23H31NO5. The van der Waals surface area contributed by atoms with E-state index in [9.17, 15) is 4.79 Å². The van der Waals surface area contributed by atoms with Crippen LogP contribution in [0.2, 0.25) is 0 Å². The van der Waals surface area contributed by atoms with Crippen molar-refractivity contribution in [2.75, 3.05) is 34.5 Å². The molecule has 6 heteroatoms. The molecule has 0 saturated heterocycles. The van der Waals surface area contributed by atoms with E-state index in [0.717, 1.165) is 22.6 Å². The first-order valence-corrected chi connectivity index (χ1v) is 9.85. The van der Waals surface area contributed by atoms with Gasteiger partial charge in [0.25, 0.3) is 0 Å². The van der Waals surface area contributed by atoms with Gasteiger partial charge in [-0.25, -0.2) is 0 Å². The zero-order valence-corrected chi connectivity index (χ0v) is 18.0. The fourth-order valence-corrected chi connectivity index (χ4v) is 3.03. The van der Waals surface area contributed by atoms with Gasteiger partial charge in [0.05, 0.1) is 27.4 Å². The van der Waals surface area contributed by atoms with E-state index in [4.69, 9.17) is 18.9 Å². The Balaban J connectivity index is 1.97. The lowest BCUT2D eigenvalue weighted by Gasteiger charge is -2.18. The first kappa shape index (κ1) is 22.4. The Morgan fingerprint density at radius 1 is 0.828 bits per heavy atom. The van der Waals surface area contributed by atoms with E-state index < -0.39 is 0 Å². The van der Waals surface area contributed by atoms with E-state index in [2.05, 4.69) is 0 Å². The SMILES string of the molecule is CCOc1ccc(CCC(=O)N(C)Cc2ccc(OC)c(OC)c2)cc1OCC. The van der Waals surface area contributed by atoms with E-state index in [1.807, 2.05) is 57.3 Å². The van der Waals surface area contributed by atoms with Gasteiger partial charge in [-0.1, -0.05) is 12.1 Å². The Morgan fingerprint density at radius 2 is 1.41 bits per heavy atom. The van der Waals surface area contributed by atoms with Crippen molar-refractivity contribution < 1.29 is 23.7 Å². The number of benzene rings is 2. The number of methoxy groups -OCH3 is 2. The fraction of sp³-hybridized carbons (Fsp3) is 0.435. The first-order valence-electron chi connectivity index (χ1n) is 9.85. The van der Waals surface area contributed by atoms with Crippen molar-refractivity contribution in [2.45, 2.75) is 33.2 Å². The summed E-state index contributed by atoms with van der Waals surface area (Å²) in [6.45, 7) is 5.54. The molecule has 0 radical (unpaired) electrons. The molecule has 0 fully saturated rings. The van der Waals surface area contributed by atoms with Crippen molar-refractivity contribution in [3.05, 3.63) is 47.5 Å². The Kier molecular flexibility index (Phi) is 8.65. The molecule has 2 aromatic rings. The van der Waals surface area contributed by atoms with Crippen LogP contribution in [0, 0.1) is 0 Å². The standard InChI is InChI=1S/C23H31NO5/c1-6-28-20-12-8-17(14-22(20)29-7-2)10-13-23(25)24(3)16-18-9-11-19(26-4)21(15-18)27-5/h8-9,11-12,14-15H,6-7,10,13,16H2,1-5H3. The number of amides is 1. The number of carbonyl (C=O) groups excluding carboxylic acids is 1. The molecule has 0 unspecified atom stereocenters.